The van der Waals surface area contributed by atoms with E-state index in [1.165, 1.54) is 6.33 Å². The summed E-state index contributed by atoms with van der Waals surface area (Å²) in [6, 6.07) is 0. The molecule has 0 radical (unpaired) electrons. The predicted octanol–water partition coefficient (Wildman–Crippen LogP) is 1.40. The average Bonchev–Trinajstić information content (AvgIpc) is 2.21. The molecule has 1 aliphatic rings. The van der Waals surface area contributed by atoms with Crippen LogP contribution in [0.15, 0.2) is 12.5 Å². The van der Waals surface area contributed by atoms with Gasteiger partial charge in [0.05, 0.1) is 11.9 Å². The lowest BCUT2D eigenvalue weighted by atomic mass is 10.5. The molecule has 1 aromatic rings. The number of rotatable bonds is 0. The second-order valence-electron chi connectivity index (χ2n) is 2.11. The average molecular weight is 191 g/mol. The Morgan fingerprint density at radius 2 is 2.18 bits per heavy atom. The minimum Gasteiger partial charge on any atom is -0.333 e. The summed E-state index contributed by atoms with van der Waals surface area (Å²) in [6.45, 7) is 0. The van der Waals surface area contributed by atoms with E-state index in [0.29, 0.717) is 11.5 Å². The van der Waals surface area contributed by atoms with Gasteiger partial charge in [0.2, 0.25) is 0 Å². The van der Waals surface area contributed by atoms with Gasteiger partial charge in [-0.25, -0.2) is 9.97 Å². The molecule has 0 fully saturated rings. The van der Waals surface area contributed by atoms with E-state index in [-0.39, 0.29) is 0 Å². The second kappa shape index (κ2) is 2.12. The first-order valence-electron chi connectivity index (χ1n) is 2.91. The molecular weight excluding hydrogens is 187 g/mol. The van der Waals surface area contributed by atoms with Gasteiger partial charge in [-0.05, 0) is 0 Å². The van der Waals surface area contributed by atoms with Crippen LogP contribution in [-0.2, 0) is 0 Å². The second-order valence-corrected chi connectivity index (χ2v) is 3.44. The summed E-state index contributed by atoms with van der Waals surface area (Å²) in [5, 5.41) is 5.51. The predicted molar refractivity (Wildman–Crippen MR) is 43.7 cm³/mol. The SMILES string of the molecule is ClC1(Cl)Nc2cncnc2N1. The molecule has 0 saturated heterocycles. The molecule has 0 saturated carbocycles. The summed E-state index contributed by atoms with van der Waals surface area (Å²) in [6.07, 6.45) is 3.02. The number of nitrogens with zero attached hydrogens (tertiary/aromatic N) is 2. The molecule has 6 heteroatoms. The molecule has 0 aliphatic carbocycles. The largest absolute Gasteiger partial charge is 0.333 e. The quantitative estimate of drug-likeness (QED) is 0.480. The van der Waals surface area contributed by atoms with E-state index in [9.17, 15) is 0 Å². The van der Waals surface area contributed by atoms with Crippen molar-refractivity contribution < 1.29 is 0 Å². The van der Waals surface area contributed by atoms with Gasteiger partial charge in [0.25, 0.3) is 4.58 Å². The lowest BCUT2D eigenvalue weighted by molar-refractivity contribution is 1.07. The smallest absolute Gasteiger partial charge is 0.267 e. The molecule has 0 aromatic carbocycles. The third-order valence-electron chi connectivity index (χ3n) is 1.28. The van der Waals surface area contributed by atoms with Gasteiger partial charge in [-0.15, -0.1) is 0 Å². The molecule has 11 heavy (non-hydrogen) atoms. The summed E-state index contributed by atoms with van der Waals surface area (Å²) < 4.78 is -1.15. The van der Waals surface area contributed by atoms with Gasteiger partial charge >= 0.3 is 0 Å². The van der Waals surface area contributed by atoms with Gasteiger partial charge in [-0.2, -0.15) is 0 Å². The normalized spacial score (nSPS) is 18.4. The topological polar surface area (TPSA) is 49.8 Å². The molecule has 1 aliphatic heterocycles. The Morgan fingerprint density at radius 1 is 1.36 bits per heavy atom. The standard InChI is InChI=1S/C5H4Cl2N4/c6-5(7)10-3-1-8-2-9-4(3)11-5/h1-2,10H,(H,8,9,11). The van der Waals surface area contributed by atoms with E-state index in [4.69, 9.17) is 23.2 Å². The van der Waals surface area contributed by atoms with Crippen molar-refractivity contribution in [2.75, 3.05) is 10.6 Å². The van der Waals surface area contributed by atoms with Gasteiger partial charge < -0.3 is 10.6 Å². The van der Waals surface area contributed by atoms with Crippen LogP contribution in [0.5, 0.6) is 0 Å². The molecule has 0 bridgehead atoms. The van der Waals surface area contributed by atoms with Crippen molar-refractivity contribution >= 4 is 34.7 Å². The van der Waals surface area contributed by atoms with Crippen LogP contribution in [0.4, 0.5) is 11.5 Å². The fourth-order valence-corrected chi connectivity index (χ4v) is 1.25. The first-order valence-corrected chi connectivity index (χ1v) is 3.67. The summed E-state index contributed by atoms with van der Waals surface area (Å²) in [7, 11) is 0. The molecule has 0 spiro atoms. The number of halogens is 2. The van der Waals surface area contributed by atoms with Crippen molar-refractivity contribution in [1.82, 2.24) is 9.97 Å². The first kappa shape index (κ1) is 6.94. The molecule has 0 amide bonds. The van der Waals surface area contributed by atoms with Crippen LogP contribution in [0, 0.1) is 0 Å². The molecular formula is C5H4Cl2N4. The van der Waals surface area contributed by atoms with E-state index >= 15 is 0 Å². The maximum Gasteiger partial charge on any atom is 0.267 e. The highest BCUT2D eigenvalue weighted by molar-refractivity contribution is 6.51. The van der Waals surface area contributed by atoms with Crippen LogP contribution in [0.2, 0.25) is 0 Å². The minimum absolute atomic E-state index is 0.616. The Labute approximate surface area is 72.9 Å². The Balaban J connectivity index is 2.41. The Kier molecular flexibility index (Phi) is 1.34. The van der Waals surface area contributed by atoms with Crippen LogP contribution in [0.3, 0.4) is 0 Å². The highest BCUT2D eigenvalue weighted by Gasteiger charge is 2.32. The van der Waals surface area contributed by atoms with Gasteiger partial charge in [0.15, 0.2) is 5.82 Å². The van der Waals surface area contributed by atoms with E-state index in [2.05, 4.69) is 20.6 Å². The van der Waals surface area contributed by atoms with Crippen LogP contribution in [0.1, 0.15) is 0 Å². The van der Waals surface area contributed by atoms with E-state index in [0.717, 1.165) is 0 Å². The van der Waals surface area contributed by atoms with Gasteiger partial charge in [0, 0.05) is 0 Å². The van der Waals surface area contributed by atoms with Gasteiger partial charge in [-0.1, -0.05) is 23.2 Å². The monoisotopic (exact) mass is 190 g/mol. The Hall–Kier alpha value is -0.740. The molecule has 4 nitrogen and oxygen atoms in total. The lowest BCUT2D eigenvalue weighted by Crippen LogP contribution is -2.27. The molecule has 0 unspecified atom stereocenters. The Morgan fingerprint density at radius 3 is 2.91 bits per heavy atom. The maximum atomic E-state index is 5.71. The minimum atomic E-state index is -1.15. The number of hydrogen-bond donors (Lipinski definition) is 2. The Bertz CT molecular complexity index is 261. The summed E-state index contributed by atoms with van der Waals surface area (Å²) >= 11 is 11.4. The first-order chi connectivity index (χ1) is 5.17. The molecule has 2 heterocycles. The third-order valence-corrected chi connectivity index (χ3v) is 1.66. The number of anilines is 2. The number of alkyl halides is 2. The van der Waals surface area contributed by atoms with E-state index in [1.807, 2.05) is 0 Å². The van der Waals surface area contributed by atoms with Crippen molar-refractivity contribution in [2.24, 2.45) is 0 Å². The zero-order chi connectivity index (χ0) is 7.90. The van der Waals surface area contributed by atoms with Crippen LogP contribution in [-0.4, -0.2) is 14.5 Å². The summed E-state index contributed by atoms with van der Waals surface area (Å²) in [4.78, 5) is 7.69. The van der Waals surface area contributed by atoms with Gasteiger partial charge in [0.1, 0.15) is 6.33 Å². The number of hydrogen-bond acceptors (Lipinski definition) is 4. The summed E-state index contributed by atoms with van der Waals surface area (Å²) in [5.74, 6) is 0.616. The highest BCUT2D eigenvalue weighted by atomic mass is 35.5. The highest BCUT2D eigenvalue weighted by Crippen LogP contribution is 2.35. The fraction of sp³-hybridized carbons (Fsp3) is 0.200. The van der Waals surface area contributed by atoms with Crippen molar-refractivity contribution in [2.45, 2.75) is 4.58 Å². The zero-order valence-corrected chi connectivity index (χ0v) is 6.82. The molecule has 0 atom stereocenters. The van der Waals surface area contributed by atoms with Crippen molar-refractivity contribution in [3.63, 3.8) is 0 Å². The number of aromatic nitrogens is 2. The van der Waals surface area contributed by atoms with Crippen molar-refractivity contribution in [1.29, 1.82) is 0 Å². The van der Waals surface area contributed by atoms with Crippen molar-refractivity contribution in [3.05, 3.63) is 12.5 Å². The molecule has 2 rings (SSSR count). The molecule has 2 N–H and O–H groups in total. The van der Waals surface area contributed by atoms with Crippen LogP contribution >= 0.6 is 23.2 Å². The molecule has 58 valence electrons. The fourth-order valence-electron chi connectivity index (χ4n) is 0.870. The third kappa shape index (κ3) is 1.19. The van der Waals surface area contributed by atoms with Gasteiger partial charge in [-0.3, -0.25) is 0 Å². The maximum absolute atomic E-state index is 5.71. The van der Waals surface area contributed by atoms with E-state index in [1.54, 1.807) is 6.20 Å². The zero-order valence-electron chi connectivity index (χ0n) is 5.31. The van der Waals surface area contributed by atoms with Crippen LogP contribution in [0.25, 0.3) is 0 Å². The number of nitrogens with one attached hydrogen (secondary N) is 2. The molecule has 1 aromatic heterocycles. The van der Waals surface area contributed by atoms with Crippen LogP contribution < -0.4 is 10.6 Å². The lowest BCUT2D eigenvalue weighted by Gasteiger charge is -2.11. The van der Waals surface area contributed by atoms with Crippen molar-refractivity contribution in [3.8, 4) is 0 Å². The summed E-state index contributed by atoms with van der Waals surface area (Å²) in [5.41, 5.74) is 0.706. The number of fused-ring (bicyclic) bond motifs is 1. The van der Waals surface area contributed by atoms with E-state index < -0.39 is 4.58 Å².